The van der Waals surface area contributed by atoms with E-state index in [9.17, 15) is 9.18 Å². The van der Waals surface area contributed by atoms with Crippen molar-refractivity contribution in [1.82, 2.24) is 10.1 Å². The summed E-state index contributed by atoms with van der Waals surface area (Å²) in [5.74, 6) is 0.157. The molecule has 1 atom stereocenters. The number of aromatic nitrogens is 2. The first-order valence-corrected chi connectivity index (χ1v) is 8.66. The number of aryl methyl sites for hydroxylation is 1. The van der Waals surface area contributed by atoms with Crippen LogP contribution in [0.2, 0.25) is 0 Å². The second-order valence-electron chi connectivity index (χ2n) is 7.18. The van der Waals surface area contributed by atoms with Gasteiger partial charge in [-0.25, -0.2) is 4.39 Å². The summed E-state index contributed by atoms with van der Waals surface area (Å²) in [5.41, 5.74) is 6.95. The second kappa shape index (κ2) is 6.96. The van der Waals surface area contributed by atoms with Crippen molar-refractivity contribution >= 4 is 24.0 Å². The van der Waals surface area contributed by atoms with Crippen LogP contribution in [0.5, 0.6) is 0 Å². The molecule has 2 heterocycles. The van der Waals surface area contributed by atoms with Crippen molar-refractivity contribution in [2.45, 2.75) is 50.5 Å². The number of carbonyl (C=O) groups is 1. The normalized spacial score (nSPS) is 21.9. The molecule has 0 bridgehead atoms. The second-order valence-corrected chi connectivity index (χ2v) is 7.18. The lowest BCUT2D eigenvalue weighted by atomic mass is 9.98. The fourth-order valence-corrected chi connectivity index (χ4v) is 3.77. The molecule has 6 nitrogen and oxygen atoms in total. The van der Waals surface area contributed by atoms with Crippen LogP contribution in [0.25, 0.3) is 0 Å². The van der Waals surface area contributed by atoms with Crippen LogP contribution in [0.15, 0.2) is 22.7 Å². The fourth-order valence-electron chi connectivity index (χ4n) is 3.77. The van der Waals surface area contributed by atoms with E-state index in [0.29, 0.717) is 23.9 Å². The highest BCUT2D eigenvalue weighted by Gasteiger charge is 2.39. The Balaban J connectivity index is 0.00000196. The molecule has 1 unspecified atom stereocenters. The molecule has 1 aromatic carbocycles. The Labute approximate surface area is 157 Å². The molecule has 1 amide bonds. The van der Waals surface area contributed by atoms with Crippen molar-refractivity contribution < 1.29 is 13.7 Å². The van der Waals surface area contributed by atoms with Crippen LogP contribution in [0.3, 0.4) is 0 Å². The summed E-state index contributed by atoms with van der Waals surface area (Å²) in [7, 11) is 0. The third-order valence-electron chi connectivity index (χ3n) is 5.25. The molecule has 2 aliphatic rings. The number of halogens is 2. The van der Waals surface area contributed by atoms with E-state index in [1.807, 2.05) is 6.92 Å². The van der Waals surface area contributed by atoms with Crippen LogP contribution in [0, 0.1) is 12.7 Å². The zero-order valence-electron chi connectivity index (χ0n) is 14.6. The molecule has 1 aliphatic carbocycles. The van der Waals surface area contributed by atoms with Crippen LogP contribution < -0.4 is 10.6 Å². The highest BCUT2D eigenvalue weighted by Crippen LogP contribution is 2.37. The van der Waals surface area contributed by atoms with Crippen molar-refractivity contribution in [3.05, 3.63) is 41.3 Å². The van der Waals surface area contributed by atoms with Gasteiger partial charge < -0.3 is 15.2 Å². The monoisotopic (exact) mass is 380 g/mol. The molecule has 1 saturated heterocycles. The molecule has 2 fully saturated rings. The number of nitrogens with two attached hydrogens (primary N) is 1. The molecule has 1 aliphatic heterocycles. The number of carbonyl (C=O) groups excluding carboxylic acids is 1. The zero-order valence-corrected chi connectivity index (χ0v) is 15.4. The predicted molar refractivity (Wildman–Crippen MR) is 96.7 cm³/mol. The minimum absolute atomic E-state index is 0. The number of hydrogen-bond acceptors (Lipinski definition) is 5. The van der Waals surface area contributed by atoms with Gasteiger partial charge >= 0.3 is 0 Å². The average molecular weight is 381 g/mol. The highest BCUT2D eigenvalue weighted by molar-refractivity contribution is 5.96. The van der Waals surface area contributed by atoms with E-state index in [2.05, 4.69) is 10.1 Å². The van der Waals surface area contributed by atoms with Crippen LogP contribution >= 0.6 is 12.4 Å². The average Bonchev–Trinajstić information content (AvgIpc) is 3.27. The summed E-state index contributed by atoms with van der Waals surface area (Å²) >= 11 is 0. The maximum absolute atomic E-state index is 14.2. The van der Waals surface area contributed by atoms with E-state index < -0.39 is 11.4 Å². The van der Waals surface area contributed by atoms with Crippen LogP contribution in [-0.4, -0.2) is 22.6 Å². The van der Waals surface area contributed by atoms with Gasteiger partial charge in [0.1, 0.15) is 5.82 Å². The molecule has 2 aromatic rings. The number of rotatable bonds is 3. The predicted octanol–water partition coefficient (Wildman–Crippen LogP) is 3.19. The smallest absolute Gasteiger partial charge is 0.232 e. The Hall–Kier alpha value is -1.99. The summed E-state index contributed by atoms with van der Waals surface area (Å²) < 4.78 is 19.6. The van der Waals surface area contributed by atoms with Crippen molar-refractivity contribution in [3.8, 4) is 0 Å². The van der Waals surface area contributed by atoms with E-state index in [0.717, 1.165) is 31.2 Å². The summed E-state index contributed by atoms with van der Waals surface area (Å²) in [6.07, 6.45) is 4.03. The standard InChI is InChI=1S/C18H21FN4O2.ClH/c1-11-4-5-14(13(19)8-11)23-10-12(9-15(23)24)16-21-17(22-25-16)18(20)6-2-3-7-18;/h4-5,8,12H,2-3,6-7,9-10,20H2,1H3;1H. The van der Waals surface area contributed by atoms with E-state index >= 15 is 0 Å². The van der Waals surface area contributed by atoms with Crippen molar-refractivity contribution in [2.24, 2.45) is 5.73 Å². The first-order valence-electron chi connectivity index (χ1n) is 8.66. The van der Waals surface area contributed by atoms with E-state index in [4.69, 9.17) is 10.3 Å². The molecule has 26 heavy (non-hydrogen) atoms. The van der Waals surface area contributed by atoms with Gasteiger partial charge in [-0.15, -0.1) is 12.4 Å². The molecular weight excluding hydrogens is 359 g/mol. The number of nitrogens with zero attached hydrogens (tertiary/aromatic N) is 3. The minimum Gasteiger partial charge on any atom is -0.339 e. The Morgan fingerprint density at radius 3 is 2.77 bits per heavy atom. The summed E-state index contributed by atoms with van der Waals surface area (Å²) in [6.45, 7) is 2.14. The molecule has 2 N–H and O–H groups in total. The quantitative estimate of drug-likeness (QED) is 0.883. The summed E-state index contributed by atoms with van der Waals surface area (Å²) in [4.78, 5) is 18.3. The Kier molecular flexibility index (Phi) is 5.03. The van der Waals surface area contributed by atoms with Gasteiger partial charge in [-0.3, -0.25) is 4.79 Å². The number of anilines is 1. The Morgan fingerprint density at radius 1 is 1.35 bits per heavy atom. The summed E-state index contributed by atoms with van der Waals surface area (Å²) in [6, 6.07) is 4.86. The lowest BCUT2D eigenvalue weighted by Gasteiger charge is -2.18. The van der Waals surface area contributed by atoms with Crippen molar-refractivity contribution in [2.75, 3.05) is 11.4 Å². The number of hydrogen-bond donors (Lipinski definition) is 1. The molecule has 1 saturated carbocycles. The molecule has 0 spiro atoms. The third-order valence-corrected chi connectivity index (χ3v) is 5.25. The first-order chi connectivity index (χ1) is 12.0. The van der Waals surface area contributed by atoms with E-state index in [1.54, 1.807) is 12.1 Å². The highest BCUT2D eigenvalue weighted by atomic mass is 35.5. The van der Waals surface area contributed by atoms with Gasteiger partial charge in [-0.05, 0) is 37.5 Å². The number of benzene rings is 1. The Bertz CT molecular complexity index is 819. The first kappa shape index (κ1) is 18.8. The van der Waals surface area contributed by atoms with E-state index in [1.165, 1.54) is 11.0 Å². The van der Waals surface area contributed by atoms with Crippen molar-refractivity contribution in [3.63, 3.8) is 0 Å². The lowest BCUT2D eigenvalue weighted by molar-refractivity contribution is -0.117. The number of amides is 1. The molecular formula is C18H22ClFN4O2. The molecule has 1 aromatic heterocycles. The maximum atomic E-state index is 14.2. The van der Waals surface area contributed by atoms with Crippen LogP contribution in [-0.2, 0) is 10.3 Å². The van der Waals surface area contributed by atoms with E-state index in [-0.39, 0.29) is 30.7 Å². The van der Waals surface area contributed by atoms with Gasteiger partial charge in [0.15, 0.2) is 5.82 Å². The van der Waals surface area contributed by atoms with Gasteiger partial charge in [0.05, 0.1) is 17.1 Å². The Morgan fingerprint density at radius 2 is 2.08 bits per heavy atom. The van der Waals surface area contributed by atoms with Gasteiger partial charge in [0, 0.05) is 13.0 Å². The minimum atomic E-state index is -0.521. The topological polar surface area (TPSA) is 85.2 Å². The fraction of sp³-hybridized carbons (Fsp3) is 0.500. The van der Waals surface area contributed by atoms with Gasteiger partial charge in [0.25, 0.3) is 0 Å². The zero-order chi connectivity index (χ0) is 17.6. The van der Waals surface area contributed by atoms with Crippen LogP contribution in [0.1, 0.15) is 55.3 Å². The molecule has 4 rings (SSSR count). The van der Waals surface area contributed by atoms with Gasteiger partial charge in [-0.1, -0.05) is 24.1 Å². The maximum Gasteiger partial charge on any atom is 0.232 e. The molecule has 140 valence electrons. The third kappa shape index (κ3) is 3.21. The van der Waals surface area contributed by atoms with Gasteiger partial charge in [0.2, 0.25) is 11.8 Å². The lowest BCUT2D eigenvalue weighted by Crippen LogP contribution is -2.34. The van der Waals surface area contributed by atoms with Gasteiger partial charge in [-0.2, -0.15) is 4.98 Å². The molecule has 0 radical (unpaired) electrons. The largest absolute Gasteiger partial charge is 0.339 e. The van der Waals surface area contributed by atoms with Crippen LogP contribution in [0.4, 0.5) is 10.1 Å². The van der Waals surface area contributed by atoms with Crippen molar-refractivity contribution in [1.29, 1.82) is 0 Å². The molecule has 8 heteroatoms. The SMILES string of the molecule is Cc1ccc(N2CC(c3nc(C4(N)CCCC4)no3)CC2=O)c(F)c1.Cl. The summed E-state index contributed by atoms with van der Waals surface area (Å²) in [5, 5.41) is 4.05.